The van der Waals surface area contributed by atoms with Gasteiger partial charge in [-0.2, -0.15) is 0 Å². The first-order valence-corrected chi connectivity index (χ1v) is 9.34. The highest BCUT2D eigenvalue weighted by atomic mass is 127. The lowest BCUT2D eigenvalue weighted by molar-refractivity contribution is -0.107. The van der Waals surface area contributed by atoms with Gasteiger partial charge in [0.2, 0.25) is 0 Å². The highest BCUT2D eigenvalue weighted by molar-refractivity contribution is 14.1. The van der Waals surface area contributed by atoms with Gasteiger partial charge in [-0.15, -0.1) is 0 Å². The molecule has 2 N–H and O–H groups in total. The molecule has 0 radical (unpaired) electrons. The quantitative estimate of drug-likeness (QED) is 0.203. The summed E-state index contributed by atoms with van der Waals surface area (Å²) in [6.07, 6.45) is 0.857. The first-order valence-electron chi connectivity index (χ1n) is 6.11. The van der Waals surface area contributed by atoms with Crippen LogP contribution in [0.3, 0.4) is 0 Å². The van der Waals surface area contributed by atoms with E-state index >= 15 is 0 Å². The minimum Gasteiger partial charge on any atom is -0.374 e. The Morgan fingerprint density at radius 1 is 1.20 bits per heavy atom. The minimum atomic E-state index is -0.645. The van der Waals surface area contributed by atoms with Gasteiger partial charge in [0.15, 0.2) is 6.29 Å². The largest absolute Gasteiger partial charge is 0.374 e. The molecule has 4 nitrogen and oxygen atoms in total. The number of rotatable bonds is 8. The van der Waals surface area contributed by atoms with Gasteiger partial charge >= 0.3 is 0 Å². The Balaban J connectivity index is 2.49. The summed E-state index contributed by atoms with van der Waals surface area (Å²) >= 11 is 6.82. The van der Waals surface area contributed by atoms with E-state index in [0.29, 0.717) is 6.54 Å². The molecule has 1 aromatic carbocycles. The monoisotopic (exact) mass is 617 g/mol. The Labute approximate surface area is 160 Å². The van der Waals surface area contributed by atoms with Gasteiger partial charge in [0, 0.05) is 30.5 Å². The van der Waals surface area contributed by atoms with E-state index in [4.69, 9.17) is 9.47 Å². The summed E-state index contributed by atoms with van der Waals surface area (Å²) in [6, 6.07) is 4.11. The van der Waals surface area contributed by atoms with Gasteiger partial charge in [0.05, 0.1) is 0 Å². The molecule has 0 saturated carbocycles. The van der Waals surface area contributed by atoms with Crippen molar-refractivity contribution in [1.82, 2.24) is 5.32 Å². The van der Waals surface area contributed by atoms with Gasteiger partial charge < -0.3 is 14.6 Å². The van der Waals surface area contributed by atoms with Crippen molar-refractivity contribution in [3.63, 3.8) is 0 Å². The zero-order valence-electron chi connectivity index (χ0n) is 11.3. The van der Waals surface area contributed by atoms with Crippen LogP contribution >= 0.6 is 67.8 Å². The number of aliphatic hydroxyl groups excluding tert-OH is 1. The van der Waals surface area contributed by atoms with Crippen molar-refractivity contribution in [3.05, 3.63) is 28.4 Å². The van der Waals surface area contributed by atoms with Crippen molar-refractivity contribution in [2.24, 2.45) is 0 Å². The smallest absolute Gasteiger partial charge is 0.156 e. The van der Waals surface area contributed by atoms with Crippen LogP contribution in [-0.4, -0.2) is 32.2 Å². The Morgan fingerprint density at radius 3 is 2.45 bits per heavy atom. The summed E-state index contributed by atoms with van der Waals surface area (Å²) in [5, 5.41) is 13.4. The van der Waals surface area contributed by atoms with Crippen LogP contribution in [0.2, 0.25) is 0 Å². The third-order valence-corrected chi connectivity index (χ3v) is 6.51. The summed E-state index contributed by atoms with van der Waals surface area (Å²) in [5.41, 5.74) is 0.928. The van der Waals surface area contributed by atoms with E-state index in [0.717, 1.165) is 29.1 Å². The maximum atomic E-state index is 10.2. The number of halogens is 3. The van der Waals surface area contributed by atoms with Crippen molar-refractivity contribution in [3.8, 4) is 0 Å². The average Bonchev–Trinajstić information content (AvgIpc) is 2.42. The van der Waals surface area contributed by atoms with E-state index in [9.17, 15) is 5.11 Å². The molecule has 1 aromatic rings. The second-order valence-electron chi connectivity index (χ2n) is 4.19. The number of hydrogen-bond donors (Lipinski definition) is 2. The van der Waals surface area contributed by atoms with Crippen LogP contribution in [0.15, 0.2) is 12.1 Å². The lowest BCUT2D eigenvalue weighted by Crippen LogP contribution is -2.24. The highest BCUT2D eigenvalue weighted by Gasteiger charge is 2.14. The zero-order chi connectivity index (χ0) is 15.1. The number of ether oxygens (including phenoxy) is 2. The van der Waals surface area contributed by atoms with Crippen LogP contribution in [0.4, 0.5) is 0 Å². The third kappa shape index (κ3) is 6.16. The van der Waals surface area contributed by atoms with Crippen LogP contribution < -0.4 is 5.32 Å². The van der Waals surface area contributed by atoms with Gasteiger partial charge in [-0.1, -0.05) is 0 Å². The highest BCUT2D eigenvalue weighted by Crippen LogP contribution is 2.26. The van der Waals surface area contributed by atoms with Crippen LogP contribution in [0, 0.1) is 10.7 Å². The zero-order valence-corrected chi connectivity index (χ0v) is 17.8. The summed E-state index contributed by atoms with van der Waals surface area (Å²) in [4.78, 5) is 0. The lowest BCUT2D eigenvalue weighted by atomic mass is 10.2. The molecule has 0 amide bonds. The molecule has 20 heavy (non-hydrogen) atoms. The molecule has 0 aromatic heterocycles. The predicted octanol–water partition coefficient (Wildman–Crippen LogP) is 3.48. The lowest BCUT2D eigenvalue weighted by Gasteiger charge is -2.17. The van der Waals surface area contributed by atoms with Crippen LogP contribution in [0.5, 0.6) is 0 Å². The molecule has 1 atom stereocenters. The number of benzene rings is 1. The molecule has 0 bridgehead atoms. The van der Waals surface area contributed by atoms with Gasteiger partial charge in [0.1, 0.15) is 6.23 Å². The molecule has 1 unspecified atom stereocenters. The molecule has 0 aliphatic carbocycles. The van der Waals surface area contributed by atoms with Crippen LogP contribution in [0.1, 0.15) is 24.6 Å². The SMILES string of the molecule is COC(CCCNC(O)c1cc(I)cc(I)c1I)OC. The number of hydrogen-bond acceptors (Lipinski definition) is 4. The van der Waals surface area contributed by atoms with Gasteiger partial charge in [0.25, 0.3) is 0 Å². The maximum Gasteiger partial charge on any atom is 0.156 e. The van der Waals surface area contributed by atoms with Crippen molar-refractivity contribution in [2.75, 3.05) is 20.8 Å². The Kier molecular flexibility index (Phi) is 9.75. The second kappa shape index (κ2) is 10.1. The first kappa shape index (κ1) is 19.3. The van der Waals surface area contributed by atoms with Gasteiger partial charge in [-0.25, -0.2) is 0 Å². The van der Waals surface area contributed by atoms with E-state index in [1.54, 1.807) is 14.2 Å². The Bertz CT molecular complexity index is 428. The molecular weight excluding hydrogens is 599 g/mol. The summed E-state index contributed by atoms with van der Waals surface area (Å²) < 4.78 is 13.6. The van der Waals surface area contributed by atoms with E-state index in [2.05, 4.69) is 79.2 Å². The number of nitrogens with one attached hydrogen (secondary N) is 1. The molecule has 7 heteroatoms. The fourth-order valence-electron chi connectivity index (χ4n) is 1.72. The average molecular weight is 617 g/mol. The molecule has 0 aliphatic heterocycles. The van der Waals surface area contributed by atoms with Crippen molar-refractivity contribution < 1.29 is 14.6 Å². The Morgan fingerprint density at radius 2 is 1.85 bits per heavy atom. The van der Waals surface area contributed by atoms with Gasteiger partial charge in [-0.05, 0) is 99.3 Å². The summed E-state index contributed by atoms with van der Waals surface area (Å²) in [5.74, 6) is 0. The molecule has 0 spiro atoms. The van der Waals surface area contributed by atoms with E-state index in [-0.39, 0.29) is 6.29 Å². The van der Waals surface area contributed by atoms with Gasteiger partial charge in [-0.3, -0.25) is 5.32 Å². The standard InChI is InChI=1S/C13H18I3NO3/c1-19-11(20-2)4-3-5-17-13(18)9-6-8(14)7-10(15)12(9)16/h6-7,11,13,17-18H,3-5H2,1-2H3. The molecule has 1 rings (SSSR count). The summed E-state index contributed by atoms with van der Waals surface area (Å²) in [6.45, 7) is 0.711. The fraction of sp³-hybridized carbons (Fsp3) is 0.538. The fourth-order valence-corrected chi connectivity index (χ4v) is 4.22. The van der Waals surface area contributed by atoms with E-state index in [1.807, 2.05) is 6.07 Å². The molecule has 114 valence electrons. The first-order chi connectivity index (χ1) is 9.49. The summed E-state index contributed by atoms with van der Waals surface area (Å²) in [7, 11) is 3.26. The topological polar surface area (TPSA) is 50.7 Å². The maximum absolute atomic E-state index is 10.2. The molecule has 0 saturated heterocycles. The molecule has 0 fully saturated rings. The van der Waals surface area contributed by atoms with Crippen LogP contribution in [0.25, 0.3) is 0 Å². The molecule has 0 aliphatic rings. The minimum absolute atomic E-state index is 0.173. The Hall–Kier alpha value is 1.25. The predicted molar refractivity (Wildman–Crippen MR) is 105 cm³/mol. The second-order valence-corrected chi connectivity index (χ2v) is 7.68. The normalized spacial score (nSPS) is 12.9. The number of methoxy groups -OCH3 is 2. The van der Waals surface area contributed by atoms with Crippen molar-refractivity contribution in [1.29, 1.82) is 0 Å². The van der Waals surface area contributed by atoms with Crippen molar-refractivity contribution in [2.45, 2.75) is 25.4 Å². The molecular formula is C13H18I3NO3. The van der Waals surface area contributed by atoms with E-state index < -0.39 is 6.23 Å². The van der Waals surface area contributed by atoms with E-state index in [1.165, 1.54) is 0 Å². The number of aliphatic hydroxyl groups is 1. The third-order valence-electron chi connectivity index (χ3n) is 2.80. The molecule has 0 heterocycles. The van der Waals surface area contributed by atoms with Crippen LogP contribution in [-0.2, 0) is 9.47 Å². The van der Waals surface area contributed by atoms with Crippen molar-refractivity contribution >= 4 is 67.8 Å².